The molecule has 0 aliphatic carbocycles. The number of rotatable bonds is 3. The number of nitriles is 1. The van der Waals surface area contributed by atoms with Gasteiger partial charge in [-0.25, -0.2) is 4.98 Å². The second-order valence-electron chi connectivity index (χ2n) is 5.27. The average Bonchev–Trinajstić information content (AvgIpc) is 3.24. The third kappa shape index (κ3) is 2.86. The van der Waals surface area contributed by atoms with Crippen molar-refractivity contribution in [2.75, 3.05) is 0 Å². The number of fused-ring (bicyclic) bond motifs is 1. The quantitative estimate of drug-likeness (QED) is 0.494. The molecule has 0 spiro atoms. The van der Waals surface area contributed by atoms with Crippen LogP contribution in [-0.4, -0.2) is 15.1 Å². The standard InChI is InChI=1S/C18H11N5OS/c19-9-11-5-7-12(8-6-11)15-10-25-18(21-15)23-22-16-13-3-1-2-4-14(13)20-17(16)24/h1-8,10,20,24H. The maximum absolute atomic E-state index is 9.99. The van der Waals surface area contributed by atoms with Crippen molar-refractivity contribution >= 4 is 33.1 Å². The highest BCUT2D eigenvalue weighted by atomic mass is 32.1. The number of H-pyrrole nitrogens is 1. The summed E-state index contributed by atoms with van der Waals surface area (Å²) < 4.78 is 0. The zero-order chi connectivity index (χ0) is 17.2. The highest BCUT2D eigenvalue weighted by Gasteiger charge is 2.10. The summed E-state index contributed by atoms with van der Waals surface area (Å²) in [5.74, 6) is -0.0196. The van der Waals surface area contributed by atoms with E-state index in [9.17, 15) is 5.11 Å². The Bertz CT molecular complexity index is 1120. The van der Waals surface area contributed by atoms with Gasteiger partial charge >= 0.3 is 0 Å². The molecular formula is C18H11N5OS. The lowest BCUT2D eigenvalue weighted by Crippen LogP contribution is -1.78. The Morgan fingerprint density at radius 1 is 1.08 bits per heavy atom. The van der Waals surface area contributed by atoms with Gasteiger partial charge in [-0.2, -0.15) is 5.26 Å². The molecular weight excluding hydrogens is 334 g/mol. The number of para-hydroxylation sites is 1. The molecule has 0 saturated heterocycles. The molecule has 7 heteroatoms. The number of nitrogens with one attached hydrogen (secondary N) is 1. The number of hydrogen-bond donors (Lipinski definition) is 2. The minimum absolute atomic E-state index is 0.0196. The first-order chi connectivity index (χ1) is 12.2. The number of aromatic amines is 1. The fourth-order valence-corrected chi connectivity index (χ4v) is 3.11. The van der Waals surface area contributed by atoms with Crippen LogP contribution in [0.15, 0.2) is 64.1 Å². The summed E-state index contributed by atoms with van der Waals surface area (Å²) in [6.45, 7) is 0. The van der Waals surface area contributed by atoms with Gasteiger partial charge in [0.2, 0.25) is 11.0 Å². The summed E-state index contributed by atoms with van der Waals surface area (Å²) in [6, 6.07) is 16.8. The molecule has 0 radical (unpaired) electrons. The van der Waals surface area contributed by atoms with Gasteiger partial charge in [0.25, 0.3) is 0 Å². The molecule has 0 fully saturated rings. The maximum Gasteiger partial charge on any atom is 0.230 e. The van der Waals surface area contributed by atoms with Crippen molar-refractivity contribution in [3.05, 3.63) is 59.5 Å². The summed E-state index contributed by atoms with van der Waals surface area (Å²) in [4.78, 5) is 7.29. The topological polar surface area (TPSA) is 97.4 Å². The smallest absolute Gasteiger partial charge is 0.230 e. The molecule has 4 aromatic rings. The number of azo groups is 1. The molecule has 0 atom stereocenters. The van der Waals surface area contributed by atoms with Crippen molar-refractivity contribution < 1.29 is 5.11 Å². The number of thiazole rings is 1. The minimum atomic E-state index is -0.0196. The van der Waals surface area contributed by atoms with E-state index in [2.05, 4.69) is 26.3 Å². The second-order valence-corrected chi connectivity index (χ2v) is 6.11. The third-order valence-corrected chi connectivity index (χ3v) is 4.42. The van der Waals surface area contributed by atoms with E-state index in [-0.39, 0.29) is 5.88 Å². The van der Waals surface area contributed by atoms with Crippen LogP contribution in [0.5, 0.6) is 5.88 Å². The van der Waals surface area contributed by atoms with Crippen LogP contribution >= 0.6 is 11.3 Å². The van der Waals surface area contributed by atoms with Crippen molar-refractivity contribution in [3.8, 4) is 23.2 Å². The van der Waals surface area contributed by atoms with Gasteiger partial charge in [-0.1, -0.05) is 30.3 Å². The van der Waals surface area contributed by atoms with Crippen LogP contribution in [0.3, 0.4) is 0 Å². The molecule has 0 unspecified atom stereocenters. The monoisotopic (exact) mass is 345 g/mol. The van der Waals surface area contributed by atoms with E-state index < -0.39 is 0 Å². The van der Waals surface area contributed by atoms with Gasteiger partial charge < -0.3 is 10.1 Å². The Morgan fingerprint density at radius 2 is 1.88 bits per heavy atom. The van der Waals surface area contributed by atoms with Gasteiger partial charge in [-0.05, 0) is 18.2 Å². The Kier molecular flexibility index (Phi) is 3.72. The molecule has 0 saturated carbocycles. The summed E-state index contributed by atoms with van der Waals surface area (Å²) >= 11 is 1.36. The van der Waals surface area contributed by atoms with Crippen LogP contribution in [0.1, 0.15) is 5.56 Å². The van der Waals surface area contributed by atoms with Crippen LogP contribution in [0.2, 0.25) is 0 Å². The van der Waals surface area contributed by atoms with E-state index in [1.165, 1.54) is 11.3 Å². The zero-order valence-corrected chi connectivity index (χ0v) is 13.7. The number of benzene rings is 2. The van der Waals surface area contributed by atoms with Crippen LogP contribution in [0.25, 0.3) is 22.2 Å². The van der Waals surface area contributed by atoms with Gasteiger partial charge in [-0.15, -0.1) is 21.6 Å². The van der Waals surface area contributed by atoms with Crippen molar-refractivity contribution in [3.63, 3.8) is 0 Å². The molecule has 0 amide bonds. The van der Waals surface area contributed by atoms with Gasteiger partial charge in [0.15, 0.2) is 5.69 Å². The first-order valence-corrected chi connectivity index (χ1v) is 8.30. The molecule has 120 valence electrons. The summed E-state index contributed by atoms with van der Waals surface area (Å²) in [7, 11) is 0. The molecule has 0 aliphatic rings. The zero-order valence-electron chi connectivity index (χ0n) is 12.8. The van der Waals surface area contributed by atoms with E-state index >= 15 is 0 Å². The first-order valence-electron chi connectivity index (χ1n) is 7.42. The lowest BCUT2D eigenvalue weighted by molar-refractivity contribution is 0.459. The lowest BCUT2D eigenvalue weighted by atomic mass is 10.1. The number of aromatic hydroxyl groups is 1. The molecule has 2 N–H and O–H groups in total. The SMILES string of the molecule is N#Cc1ccc(-c2csc(N=Nc3c(O)[nH]c4ccccc34)n2)cc1. The predicted octanol–water partition coefficient (Wildman–Crippen LogP) is 5.28. The molecule has 0 bridgehead atoms. The second kappa shape index (κ2) is 6.19. The molecule has 0 aliphatic heterocycles. The summed E-state index contributed by atoms with van der Waals surface area (Å²) in [6.07, 6.45) is 0. The largest absolute Gasteiger partial charge is 0.493 e. The number of aromatic nitrogens is 2. The van der Waals surface area contributed by atoms with Crippen LogP contribution in [-0.2, 0) is 0 Å². The van der Waals surface area contributed by atoms with E-state index in [1.807, 2.05) is 41.8 Å². The summed E-state index contributed by atoms with van der Waals surface area (Å²) in [5, 5.41) is 30.3. The fourth-order valence-electron chi connectivity index (χ4n) is 2.47. The van der Waals surface area contributed by atoms with E-state index in [0.717, 1.165) is 22.2 Å². The Labute approximate surface area is 146 Å². The number of hydrogen-bond acceptors (Lipinski definition) is 6. The summed E-state index contributed by atoms with van der Waals surface area (Å²) in [5.41, 5.74) is 3.48. The normalized spacial score (nSPS) is 11.2. The van der Waals surface area contributed by atoms with Gasteiger partial charge in [0.05, 0.1) is 22.8 Å². The Balaban J connectivity index is 1.63. The van der Waals surface area contributed by atoms with Crippen molar-refractivity contribution in [1.82, 2.24) is 9.97 Å². The molecule has 2 heterocycles. The molecule has 25 heavy (non-hydrogen) atoms. The highest BCUT2D eigenvalue weighted by molar-refractivity contribution is 7.13. The minimum Gasteiger partial charge on any atom is -0.493 e. The predicted molar refractivity (Wildman–Crippen MR) is 96.4 cm³/mol. The van der Waals surface area contributed by atoms with Crippen LogP contribution in [0, 0.1) is 11.3 Å². The van der Waals surface area contributed by atoms with Gasteiger partial charge in [0.1, 0.15) is 0 Å². The van der Waals surface area contributed by atoms with E-state index in [1.54, 1.807) is 12.1 Å². The van der Waals surface area contributed by atoms with E-state index in [4.69, 9.17) is 5.26 Å². The Morgan fingerprint density at radius 3 is 2.68 bits per heavy atom. The molecule has 2 aromatic heterocycles. The molecule has 2 aromatic carbocycles. The van der Waals surface area contributed by atoms with Gasteiger partial charge in [-0.3, -0.25) is 0 Å². The third-order valence-electron chi connectivity index (χ3n) is 3.70. The van der Waals surface area contributed by atoms with Crippen molar-refractivity contribution in [2.45, 2.75) is 0 Å². The van der Waals surface area contributed by atoms with Crippen molar-refractivity contribution in [1.29, 1.82) is 5.26 Å². The lowest BCUT2D eigenvalue weighted by Gasteiger charge is -1.95. The molecule has 6 nitrogen and oxygen atoms in total. The highest BCUT2D eigenvalue weighted by Crippen LogP contribution is 2.36. The maximum atomic E-state index is 9.99. The average molecular weight is 345 g/mol. The fraction of sp³-hybridized carbons (Fsp3) is 0. The first kappa shape index (κ1) is 15.1. The van der Waals surface area contributed by atoms with Crippen LogP contribution in [0.4, 0.5) is 10.8 Å². The molecule has 4 rings (SSSR count). The van der Waals surface area contributed by atoms with Crippen LogP contribution < -0.4 is 0 Å². The van der Waals surface area contributed by atoms with E-state index in [0.29, 0.717) is 16.4 Å². The Hall–Kier alpha value is -3.50. The van der Waals surface area contributed by atoms with Gasteiger partial charge in [0, 0.05) is 16.3 Å². The van der Waals surface area contributed by atoms with Crippen molar-refractivity contribution in [2.24, 2.45) is 10.2 Å². The number of nitrogens with zero attached hydrogens (tertiary/aromatic N) is 4.